The predicted molar refractivity (Wildman–Crippen MR) is 101 cm³/mol. The summed E-state index contributed by atoms with van der Waals surface area (Å²) in [5.41, 5.74) is 1.30. The van der Waals surface area contributed by atoms with E-state index in [0.29, 0.717) is 5.03 Å². The number of rotatable bonds is 4. The Morgan fingerprint density at radius 3 is 2.57 bits per heavy atom. The van der Waals surface area contributed by atoms with Gasteiger partial charge in [0.05, 0.1) is 5.03 Å². The van der Waals surface area contributed by atoms with E-state index in [4.69, 9.17) is 11.6 Å². The smallest absolute Gasteiger partial charge is 0.0877 e. The van der Waals surface area contributed by atoms with Crippen LogP contribution in [0.3, 0.4) is 0 Å². The third-order valence-electron chi connectivity index (χ3n) is 3.46. The summed E-state index contributed by atoms with van der Waals surface area (Å²) in [6, 6.07) is 14.9. The molecule has 0 heterocycles. The third kappa shape index (κ3) is 5.75. The number of hydrogen-bond donors (Lipinski definition) is 0. The minimum Gasteiger partial charge on any atom is -0.298 e. The van der Waals surface area contributed by atoms with E-state index >= 15 is 0 Å². The van der Waals surface area contributed by atoms with Gasteiger partial charge in [-0.15, -0.1) is 0 Å². The monoisotopic (exact) mass is 325 g/mol. The first kappa shape index (κ1) is 17.6. The second kappa shape index (κ2) is 7.68. The van der Waals surface area contributed by atoms with E-state index in [-0.39, 0.29) is 5.41 Å². The fourth-order valence-corrected chi connectivity index (χ4v) is 2.44. The summed E-state index contributed by atoms with van der Waals surface area (Å²) < 4.78 is 0. The molecule has 0 saturated heterocycles. The number of halogens is 1. The van der Waals surface area contributed by atoms with Crippen molar-refractivity contribution in [2.45, 2.75) is 27.3 Å². The van der Waals surface area contributed by atoms with Crippen LogP contribution in [0.15, 0.2) is 53.6 Å². The number of likely N-dealkylation sites (N-methyl/N-ethyl adjacent to an activating group) is 1. The van der Waals surface area contributed by atoms with E-state index in [1.54, 1.807) is 0 Å². The van der Waals surface area contributed by atoms with Crippen LogP contribution in [0.2, 0.25) is 0 Å². The lowest BCUT2D eigenvalue weighted by atomic mass is 9.98. The molecule has 0 N–H and O–H groups in total. The van der Waals surface area contributed by atoms with Crippen LogP contribution in [-0.2, 0) is 6.54 Å². The van der Waals surface area contributed by atoms with Crippen LogP contribution in [0.25, 0.3) is 10.8 Å². The van der Waals surface area contributed by atoms with Gasteiger partial charge in [-0.25, -0.2) is 0 Å². The molecule has 2 rings (SSSR count). The van der Waals surface area contributed by atoms with Crippen molar-refractivity contribution >= 4 is 22.4 Å². The first-order chi connectivity index (χ1) is 10.8. The van der Waals surface area contributed by atoms with Gasteiger partial charge in [0.15, 0.2) is 0 Å². The van der Waals surface area contributed by atoms with E-state index in [0.717, 1.165) is 13.1 Å². The van der Waals surface area contributed by atoms with Gasteiger partial charge in [0.1, 0.15) is 0 Å². The fourth-order valence-electron chi connectivity index (χ4n) is 2.32. The maximum atomic E-state index is 6.19. The maximum absolute atomic E-state index is 6.19. The summed E-state index contributed by atoms with van der Waals surface area (Å²) in [4.78, 5) is 2.24. The number of hydrogen-bond acceptors (Lipinski definition) is 1. The minimum absolute atomic E-state index is 0.0250. The van der Waals surface area contributed by atoms with Gasteiger partial charge in [-0.1, -0.05) is 65.9 Å². The molecule has 0 atom stereocenters. The van der Waals surface area contributed by atoms with E-state index in [2.05, 4.69) is 87.0 Å². The molecule has 0 aliphatic heterocycles. The number of fused-ring (bicyclic) bond motifs is 1. The van der Waals surface area contributed by atoms with E-state index in [9.17, 15) is 0 Å². The molecule has 1 nitrogen and oxygen atoms in total. The van der Waals surface area contributed by atoms with E-state index in [1.807, 2.05) is 6.08 Å². The van der Waals surface area contributed by atoms with Crippen LogP contribution >= 0.6 is 11.6 Å². The zero-order chi connectivity index (χ0) is 16.9. The lowest BCUT2D eigenvalue weighted by molar-refractivity contribution is 0.364. The zero-order valence-electron chi connectivity index (χ0n) is 14.4. The standard InChI is InChI=1S/C21H24ClN/c1-21(2,3)14-12-19(22)13-15-23(4)16-18-10-7-9-17-8-5-6-11-20(17)18/h5-11,13H,15-16H2,1-4H3. The summed E-state index contributed by atoms with van der Waals surface area (Å²) in [5.74, 6) is 6.17. The third-order valence-corrected chi connectivity index (χ3v) is 3.71. The highest BCUT2D eigenvalue weighted by Crippen LogP contribution is 2.19. The molecule has 0 unspecified atom stereocenters. The Bertz CT molecular complexity index is 751. The molecule has 0 bridgehead atoms. The molecule has 0 aliphatic rings. The highest BCUT2D eigenvalue weighted by molar-refractivity contribution is 6.32. The topological polar surface area (TPSA) is 3.24 Å². The molecule has 2 aromatic carbocycles. The van der Waals surface area contributed by atoms with Crippen LogP contribution in [0.5, 0.6) is 0 Å². The van der Waals surface area contributed by atoms with E-state index in [1.165, 1.54) is 16.3 Å². The minimum atomic E-state index is -0.0250. The van der Waals surface area contributed by atoms with Gasteiger partial charge >= 0.3 is 0 Å². The normalized spacial score (nSPS) is 12.3. The van der Waals surface area contributed by atoms with Crippen molar-refractivity contribution in [3.05, 3.63) is 59.1 Å². The molecule has 2 aromatic rings. The lowest BCUT2D eigenvalue weighted by Crippen LogP contribution is -2.18. The largest absolute Gasteiger partial charge is 0.298 e. The molecule has 0 saturated carbocycles. The van der Waals surface area contributed by atoms with Gasteiger partial charge in [0.2, 0.25) is 0 Å². The number of nitrogens with zero attached hydrogens (tertiary/aromatic N) is 1. The molecule has 0 aromatic heterocycles. The lowest BCUT2D eigenvalue weighted by Gasteiger charge is -2.16. The molecule has 0 fully saturated rings. The number of benzene rings is 2. The van der Waals surface area contributed by atoms with Gasteiger partial charge in [-0.2, -0.15) is 0 Å². The average molecular weight is 326 g/mol. The van der Waals surface area contributed by atoms with Crippen LogP contribution in [0.1, 0.15) is 26.3 Å². The van der Waals surface area contributed by atoms with Gasteiger partial charge in [-0.3, -0.25) is 4.90 Å². The van der Waals surface area contributed by atoms with Crippen molar-refractivity contribution in [1.82, 2.24) is 4.90 Å². The van der Waals surface area contributed by atoms with Crippen molar-refractivity contribution < 1.29 is 0 Å². The van der Waals surface area contributed by atoms with Gasteiger partial charge in [0, 0.05) is 18.5 Å². The van der Waals surface area contributed by atoms with Crippen molar-refractivity contribution in [3.8, 4) is 11.8 Å². The second-order valence-corrected chi connectivity index (χ2v) is 7.29. The fraction of sp³-hybridized carbons (Fsp3) is 0.333. The van der Waals surface area contributed by atoms with E-state index < -0.39 is 0 Å². The summed E-state index contributed by atoms with van der Waals surface area (Å²) >= 11 is 6.19. The molecule has 0 aliphatic carbocycles. The van der Waals surface area contributed by atoms with Crippen molar-refractivity contribution in [3.63, 3.8) is 0 Å². The molecular formula is C21H24ClN. The molecule has 0 amide bonds. The summed E-state index contributed by atoms with van der Waals surface area (Å²) in [7, 11) is 2.10. The van der Waals surface area contributed by atoms with Crippen LogP contribution < -0.4 is 0 Å². The molecule has 120 valence electrons. The Morgan fingerprint density at radius 1 is 1.13 bits per heavy atom. The quantitative estimate of drug-likeness (QED) is 0.676. The maximum Gasteiger partial charge on any atom is 0.0877 e. The Kier molecular flexibility index (Phi) is 5.88. The molecule has 0 spiro atoms. The molecule has 2 heteroatoms. The van der Waals surface area contributed by atoms with Gasteiger partial charge < -0.3 is 0 Å². The first-order valence-electron chi connectivity index (χ1n) is 7.89. The first-order valence-corrected chi connectivity index (χ1v) is 8.27. The Labute approximate surface area is 145 Å². The van der Waals surface area contributed by atoms with Gasteiger partial charge in [0.25, 0.3) is 0 Å². The van der Waals surface area contributed by atoms with Crippen molar-refractivity contribution in [2.75, 3.05) is 13.6 Å². The Morgan fingerprint density at radius 2 is 1.83 bits per heavy atom. The van der Waals surface area contributed by atoms with Crippen molar-refractivity contribution in [1.29, 1.82) is 0 Å². The highest BCUT2D eigenvalue weighted by Gasteiger charge is 2.05. The van der Waals surface area contributed by atoms with Crippen molar-refractivity contribution in [2.24, 2.45) is 5.41 Å². The summed E-state index contributed by atoms with van der Waals surface area (Å²) in [5, 5.41) is 3.21. The molecular weight excluding hydrogens is 302 g/mol. The highest BCUT2D eigenvalue weighted by atomic mass is 35.5. The zero-order valence-corrected chi connectivity index (χ0v) is 15.1. The predicted octanol–water partition coefficient (Wildman–Crippen LogP) is 5.44. The summed E-state index contributed by atoms with van der Waals surface area (Å²) in [6.07, 6.45) is 1.98. The average Bonchev–Trinajstić information content (AvgIpc) is 2.50. The second-order valence-electron chi connectivity index (χ2n) is 6.89. The SMILES string of the molecule is CN(CC=C(Cl)C#CC(C)(C)C)Cc1cccc2ccccc12. The Hall–Kier alpha value is -1.75. The molecule has 0 radical (unpaired) electrons. The Balaban J connectivity index is 2.04. The molecule has 23 heavy (non-hydrogen) atoms. The van der Waals surface area contributed by atoms with Crippen LogP contribution in [-0.4, -0.2) is 18.5 Å². The van der Waals surface area contributed by atoms with Crippen LogP contribution in [0.4, 0.5) is 0 Å². The number of allylic oxidation sites excluding steroid dienone is 1. The summed E-state index contributed by atoms with van der Waals surface area (Å²) in [6.45, 7) is 7.90. The van der Waals surface area contributed by atoms with Crippen LogP contribution in [0, 0.1) is 17.3 Å². The van der Waals surface area contributed by atoms with Gasteiger partial charge in [-0.05, 0) is 50.2 Å².